The number of para-hydroxylation sites is 2. The molecule has 6 heteroatoms. The quantitative estimate of drug-likeness (QED) is 0.559. The lowest BCUT2D eigenvalue weighted by Crippen LogP contribution is -1.88. The summed E-state index contributed by atoms with van der Waals surface area (Å²) in [6, 6.07) is 22.4. The number of hydrogen-bond donors (Lipinski definition) is 0. The van der Waals surface area contributed by atoms with E-state index in [-0.39, 0.29) is 0 Å². The molecule has 0 heterocycles. The Bertz CT molecular complexity index is 768. The molecular weight excluding hydrogens is 384 g/mol. The van der Waals surface area contributed by atoms with Gasteiger partial charge in [-0.2, -0.15) is 0 Å². The summed E-state index contributed by atoms with van der Waals surface area (Å²) in [5, 5.41) is 0. The van der Waals surface area contributed by atoms with Gasteiger partial charge in [0.25, 0.3) is 0 Å². The summed E-state index contributed by atoms with van der Waals surface area (Å²) in [7, 11) is 9.79. The normalized spacial score (nSPS) is 9.00. The minimum atomic E-state index is 0.769. The van der Waals surface area contributed by atoms with Crippen molar-refractivity contribution in [2.75, 3.05) is 42.7 Å². The van der Waals surface area contributed by atoms with Crippen molar-refractivity contribution in [2.45, 2.75) is 0 Å². The average Bonchev–Trinajstić information content (AvgIpc) is 2.84. The first kappa shape index (κ1) is 24.5. The Kier molecular flexibility index (Phi) is 11.8. The van der Waals surface area contributed by atoms with Crippen LogP contribution in [0.2, 0.25) is 0 Å². The van der Waals surface area contributed by atoms with Crippen molar-refractivity contribution in [3.8, 4) is 34.5 Å². The maximum Gasteiger partial charge on any atom is 0.160 e. The minimum Gasteiger partial charge on any atom is -0.497 e. The Labute approximate surface area is 178 Å². The fourth-order valence-electron chi connectivity index (χ4n) is 2.23. The fraction of sp³-hybridized carbons (Fsp3) is 0.250. The molecule has 0 saturated heterocycles. The molecular formula is C24H30O6. The predicted molar refractivity (Wildman–Crippen MR) is 119 cm³/mol. The molecule has 0 aliphatic heterocycles. The Morgan fingerprint density at radius 3 is 1.03 bits per heavy atom. The maximum absolute atomic E-state index is 5.01. The van der Waals surface area contributed by atoms with E-state index in [0.29, 0.717) is 0 Å². The third-order valence-electron chi connectivity index (χ3n) is 3.86. The standard InChI is InChI=1S/3C8H10O2/c1-9-7-3-5-8(10-2)6-4-7;1-9-7-4-3-5-8(6-7)10-2;1-9-7-5-3-4-6-8(7)10-2/h3*3-6H,1-2H3. The van der Waals surface area contributed by atoms with E-state index in [4.69, 9.17) is 28.4 Å². The molecule has 0 aliphatic rings. The fourth-order valence-corrected chi connectivity index (χ4v) is 2.23. The van der Waals surface area contributed by atoms with E-state index < -0.39 is 0 Å². The van der Waals surface area contributed by atoms with Gasteiger partial charge in [-0.05, 0) is 48.5 Å². The van der Waals surface area contributed by atoms with Crippen LogP contribution in [0.15, 0.2) is 72.8 Å². The third-order valence-corrected chi connectivity index (χ3v) is 3.86. The summed E-state index contributed by atoms with van der Waals surface area (Å²) in [5.41, 5.74) is 0. The van der Waals surface area contributed by atoms with Gasteiger partial charge in [-0.3, -0.25) is 0 Å². The van der Waals surface area contributed by atoms with E-state index in [1.165, 1.54) is 0 Å². The van der Waals surface area contributed by atoms with Crippen LogP contribution in [-0.4, -0.2) is 42.7 Å². The van der Waals surface area contributed by atoms with Crippen molar-refractivity contribution in [3.63, 3.8) is 0 Å². The molecule has 0 unspecified atom stereocenters. The van der Waals surface area contributed by atoms with E-state index in [1.807, 2.05) is 72.8 Å². The highest BCUT2D eigenvalue weighted by Crippen LogP contribution is 2.24. The van der Waals surface area contributed by atoms with Crippen LogP contribution in [0.3, 0.4) is 0 Å². The van der Waals surface area contributed by atoms with Gasteiger partial charge in [0.05, 0.1) is 42.7 Å². The van der Waals surface area contributed by atoms with Crippen LogP contribution >= 0.6 is 0 Å². The summed E-state index contributed by atoms with van der Waals surface area (Å²) in [4.78, 5) is 0. The van der Waals surface area contributed by atoms with Gasteiger partial charge in [-0.25, -0.2) is 0 Å². The lowest BCUT2D eigenvalue weighted by molar-refractivity contribution is 0.355. The molecule has 0 radical (unpaired) electrons. The van der Waals surface area contributed by atoms with Crippen molar-refractivity contribution in [3.05, 3.63) is 72.8 Å². The smallest absolute Gasteiger partial charge is 0.160 e. The zero-order chi connectivity index (χ0) is 22.2. The Hall–Kier alpha value is -3.54. The second kappa shape index (κ2) is 14.5. The molecule has 0 amide bonds. The topological polar surface area (TPSA) is 55.4 Å². The molecule has 162 valence electrons. The first-order valence-electron chi connectivity index (χ1n) is 9.14. The predicted octanol–water partition coefficient (Wildman–Crippen LogP) is 5.11. The summed E-state index contributed by atoms with van der Waals surface area (Å²) in [6.45, 7) is 0. The molecule has 3 aromatic carbocycles. The van der Waals surface area contributed by atoms with E-state index in [0.717, 1.165) is 34.5 Å². The molecule has 30 heavy (non-hydrogen) atoms. The lowest BCUT2D eigenvalue weighted by atomic mass is 10.3. The van der Waals surface area contributed by atoms with E-state index in [1.54, 1.807) is 42.7 Å². The molecule has 0 bridgehead atoms. The van der Waals surface area contributed by atoms with Crippen molar-refractivity contribution < 1.29 is 28.4 Å². The lowest BCUT2D eigenvalue weighted by Gasteiger charge is -2.04. The number of rotatable bonds is 6. The Balaban J connectivity index is 0.000000225. The first-order chi connectivity index (χ1) is 14.6. The van der Waals surface area contributed by atoms with Crippen LogP contribution < -0.4 is 28.4 Å². The average molecular weight is 414 g/mol. The number of hydrogen-bond acceptors (Lipinski definition) is 6. The van der Waals surface area contributed by atoms with Crippen LogP contribution in [0.4, 0.5) is 0 Å². The molecule has 3 rings (SSSR count). The van der Waals surface area contributed by atoms with E-state index >= 15 is 0 Å². The molecule has 0 fully saturated rings. The van der Waals surface area contributed by atoms with Crippen LogP contribution in [0, 0.1) is 0 Å². The molecule has 0 aromatic heterocycles. The maximum atomic E-state index is 5.01. The Morgan fingerprint density at radius 2 is 0.733 bits per heavy atom. The van der Waals surface area contributed by atoms with Crippen LogP contribution in [-0.2, 0) is 0 Å². The van der Waals surface area contributed by atoms with Crippen molar-refractivity contribution >= 4 is 0 Å². The molecule has 0 spiro atoms. The highest BCUT2D eigenvalue weighted by atomic mass is 16.5. The number of methoxy groups -OCH3 is 6. The SMILES string of the molecule is COc1ccc(OC)cc1.COc1cccc(OC)c1.COc1ccccc1OC. The van der Waals surface area contributed by atoms with Crippen LogP contribution in [0.1, 0.15) is 0 Å². The minimum absolute atomic E-state index is 0.769. The van der Waals surface area contributed by atoms with Gasteiger partial charge in [-0.15, -0.1) is 0 Å². The largest absolute Gasteiger partial charge is 0.497 e. The van der Waals surface area contributed by atoms with Crippen molar-refractivity contribution in [1.29, 1.82) is 0 Å². The molecule has 3 aromatic rings. The highest BCUT2D eigenvalue weighted by molar-refractivity contribution is 5.39. The van der Waals surface area contributed by atoms with Gasteiger partial charge in [0.1, 0.15) is 23.0 Å². The zero-order valence-corrected chi connectivity index (χ0v) is 18.4. The summed E-state index contributed by atoms with van der Waals surface area (Å²) in [5.74, 6) is 4.87. The Morgan fingerprint density at radius 1 is 0.367 bits per heavy atom. The monoisotopic (exact) mass is 414 g/mol. The number of ether oxygens (including phenoxy) is 6. The van der Waals surface area contributed by atoms with Gasteiger partial charge < -0.3 is 28.4 Å². The van der Waals surface area contributed by atoms with Gasteiger partial charge in [-0.1, -0.05) is 18.2 Å². The zero-order valence-electron chi connectivity index (χ0n) is 18.4. The molecule has 0 atom stereocenters. The van der Waals surface area contributed by atoms with Gasteiger partial charge in [0.2, 0.25) is 0 Å². The van der Waals surface area contributed by atoms with Crippen molar-refractivity contribution in [1.82, 2.24) is 0 Å². The highest BCUT2D eigenvalue weighted by Gasteiger charge is 1.97. The molecule has 0 saturated carbocycles. The van der Waals surface area contributed by atoms with Crippen LogP contribution in [0.5, 0.6) is 34.5 Å². The number of benzene rings is 3. The molecule has 0 N–H and O–H groups in total. The van der Waals surface area contributed by atoms with E-state index in [9.17, 15) is 0 Å². The van der Waals surface area contributed by atoms with Gasteiger partial charge >= 0.3 is 0 Å². The van der Waals surface area contributed by atoms with E-state index in [2.05, 4.69) is 0 Å². The molecule has 0 aliphatic carbocycles. The summed E-state index contributed by atoms with van der Waals surface area (Å²) < 4.78 is 29.9. The molecule has 6 nitrogen and oxygen atoms in total. The van der Waals surface area contributed by atoms with Crippen LogP contribution in [0.25, 0.3) is 0 Å². The third kappa shape index (κ3) is 8.65. The second-order valence-corrected chi connectivity index (χ2v) is 5.62. The first-order valence-corrected chi connectivity index (χ1v) is 9.14. The summed E-state index contributed by atoms with van der Waals surface area (Å²) >= 11 is 0. The van der Waals surface area contributed by atoms with Crippen molar-refractivity contribution in [2.24, 2.45) is 0 Å². The second-order valence-electron chi connectivity index (χ2n) is 5.62. The summed E-state index contributed by atoms with van der Waals surface area (Å²) in [6.07, 6.45) is 0. The van der Waals surface area contributed by atoms with Gasteiger partial charge in [0.15, 0.2) is 11.5 Å². The van der Waals surface area contributed by atoms with Gasteiger partial charge in [0, 0.05) is 6.07 Å².